The van der Waals surface area contributed by atoms with Crippen LogP contribution in [0.2, 0.25) is 0 Å². The van der Waals surface area contributed by atoms with Gasteiger partial charge in [-0.2, -0.15) is 0 Å². The highest BCUT2D eigenvalue weighted by Gasteiger charge is 1.76. The van der Waals surface area contributed by atoms with Crippen LogP contribution in [0.25, 0.3) is 0 Å². The van der Waals surface area contributed by atoms with Crippen LogP contribution < -0.4 is 0 Å². The van der Waals surface area contributed by atoms with Crippen LogP contribution >= 0.6 is 0 Å². The van der Waals surface area contributed by atoms with Crippen LogP contribution in [0.1, 0.15) is 69.2 Å². The molecular formula is C20H34. The number of hydrogen-bond acceptors (Lipinski definition) is 0. The van der Waals surface area contributed by atoms with Gasteiger partial charge < -0.3 is 0 Å². The van der Waals surface area contributed by atoms with Gasteiger partial charge in [0.15, 0.2) is 0 Å². The summed E-state index contributed by atoms with van der Waals surface area (Å²) in [4.78, 5) is 0. The summed E-state index contributed by atoms with van der Waals surface area (Å²) in [7, 11) is 0. The van der Waals surface area contributed by atoms with Crippen LogP contribution in [0.15, 0.2) is 46.6 Å². The minimum absolute atomic E-state index is 1.11. The normalized spacial score (nSPS) is 8.40. The van der Waals surface area contributed by atoms with Crippen molar-refractivity contribution in [2.24, 2.45) is 0 Å². The van der Waals surface area contributed by atoms with Gasteiger partial charge in [0, 0.05) is 0 Å². The molecule has 0 N–H and O–H groups in total. The molecule has 0 aliphatic heterocycles. The molecule has 0 heteroatoms. The summed E-state index contributed by atoms with van der Waals surface area (Å²) in [5, 5.41) is 0. The van der Waals surface area contributed by atoms with Crippen molar-refractivity contribution in [3.05, 3.63) is 46.6 Å². The fourth-order valence-corrected chi connectivity index (χ4v) is 0.864. The Bertz CT molecular complexity index is 373. The SMILES string of the molecule is CC.CC#C/C(C)=C/C=C(C)C.CC(C)=CC=C(C)C. The van der Waals surface area contributed by atoms with Crippen molar-refractivity contribution in [3.8, 4) is 11.8 Å². The molecule has 0 heterocycles. The second-order valence-electron chi connectivity index (χ2n) is 4.96. The molecule has 0 amide bonds. The van der Waals surface area contributed by atoms with Gasteiger partial charge in [0.05, 0.1) is 0 Å². The van der Waals surface area contributed by atoms with Gasteiger partial charge in [-0.25, -0.2) is 0 Å². The average molecular weight is 274 g/mol. The van der Waals surface area contributed by atoms with E-state index >= 15 is 0 Å². The van der Waals surface area contributed by atoms with Gasteiger partial charge in [0.25, 0.3) is 0 Å². The third-order valence-electron chi connectivity index (χ3n) is 1.74. The molecule has 0 nitrogen and oxygen atoms in total. The van der Waals surface area contributed by atoms with Crippen LogP contribution in [-0.4, -0.2) is 0 Å². The zero-order chi connectivity index (χ0) is 16.6. The van der Waals surface area contributed by atoms with E-state index in [-0.39, 0.29) is 0 Å². The second kappa shape index (κ2) is 17.5. The molecule has 0 aliphatic rings. The fraction of sp³-hybridized carbons (Fsp3) is 0.500. The van der Waals surface area contributed by atoms with Gasteiger partial charge in [0.1, 0.15) is 0 Å². The minimum Gasteiger partial charge on any atom is -0.102 e. The Morgan fingerprint density at radius 3 is 1.15 bits per heavy atom. The third kappa shape index (κ3) is 30.0. The van der Waals surface area contributed by atoms with Crippen molar-refractivity contribution in [3.63, 3.8) is 0 Å². The zero-order valence-electron chi connectivity index (χ0n) is 15.3. The molecule has 20 heavy (non-hydrogen) atoms. The maximum Gasteiger partial charge on any atom is -0.00109 e. The Kier molecular flexibility index (Phi) is 20.7. The predicted molar refractivity (Wildman–Crippen MR) is 96.8 cm³/mol. The summed E-state index contributed by atoms with van der Waals surface area (Å²) in [5.41, 5.74) is 5.12. The standard InChI is InChI=1S/C10H14.C8H14.C2H6/c1-5-6-10(4)8-7-9(2)3;1-7(2)5-6-8(3)4;1-2/h7-8H,1-4H3;5-6H,1-4H3;1-2H3/b10-8+;;. The van der Waals surface area contributed by atoms with Crippen molar-refractivity contribution < 1.29 is 0 Å². The van der Waals surface area contributed by atoms with Crippen LogP contribution in [-0.2, 0) is 0 Å². The topological polar surface area (TPSA) is 0 Å². The molecule has 0 aromatic heterocycles. The number of hydrogen-bond donors (Lipinski definition) is 0. The van der Waals surface area contributed by atoms with Crippen molar-refractivity contribution >= 4 is 0 Å². The van der Waals surface area contributed by atoms with Crippen molar-refractivity contribution in [1.29, 1.82) is 0 Å². The molecule has 0 saturated carbocycles. The Morgan fingerprint density at radius 2 is 0.900 bits per heavy atom. The number of rotatable bonds is 2. The largest absolute Gasteiger partial charge is 0.102 e. The lowest BCUT2D eigenvalue weighted by Crippen LogP contribution is -1.66. The van der Waals surface area contributed by atoms with E-state index in [2.05, 4.69) is 71.6 Å². The summed E-state index contributed by atoms with van der Waals surface area (Å²) in [6.07, 6.45) is 8.34. The maximum atomic E-state index is 2.97. The summed E-state index contributed by atoms with van der Waals surface area (Å²) >= 11 is 0. The highest BCUT2D eigenvalue weighted by Crippen LogP contribution is 1.94. The molecule has 0 rings (SSSR count). The Morgan fingerprint density at radius 1 is 0.600 bits per heavy atom. The number of allylic oxidation sites excluding steroid dienone is 8. The molecule has 0 atom stereocenters. The predicted octanol–water partition coefficient (Wildman–Crippen LogP) is 6.87. The van der Waals surface area contributed by atoms with E-state index in [1.807, 2.05) is 33.8 Å². The molecule has 0 bridgehead atoms. The molecular weight excluding hydrogens is 240 g/mol. The Balaban J connectivity index is -0.000000262. The van der Waals surface area contributed by atoms with Gasteiger partial charge in [-0.15, -0.1) is 5.92 Å². The minimum atomic E-state index is 1.11. The van der Waals surface area contributed by atoms with Gasteiger partial charge >= 0.3 is 0 Å². The van der Waals surface area contributed by atoms with Crippen LogP contribution in [0, 0.1) is 11.8 Å². The fourth-order valence-electron chi connectivity index (χ4n) is 0.864. The summed E-state index contributed by atoms with van der Waals surface area (Å²) < 4.78 is 0. The molecule has 0 radical (unpaired) electrons. The van der Waals surface area contributed by atoms with Crippen LogP contribution in [0.4, 0.5) is 0 Å². The first kappa shape index (κ1) is 23.6. The Labute approximate surface area is 128 Å². The third-order valence-corrected chi connectivity index (χ3v) is 1.74. The first-order valence-electron chi connectivity index (χ1n) is 7.32. The van der Waals surface area contributed by atoms with E-state index in [0.29, 0.717) is 0 Å². The van der Waals surface area contributed by atoms with Crippen molar-refractivity contribution in [2.45, 2.75) is 69.2 Å². The lowest BCUT2D eigenvalue weighted by molar-refractivity contribution is 1.35. The van der Waals surface area contributed by atoms with Crippen LogP contribution in [0.3, 0.4) is 0 Å². The summed E-state index contributed by atoms with van der Waals surface area (Å²) in [5.74, 6) is 5.81. The maximum absolute atomic E-state index is 2.97. The Hall–Kier alpha value is -1.48. The van der Waals surface area contributed by atoms with Gasteiger partial charge in [-0.05, 0) is 61.0 Å². The summed E-state index contributed by atoms with van der Waals surface area (Å²) in [6, 6.07) is 0. The van der Waals surface area contributed by atoms with E-state index in [1.165, 1.54) is 16.7 Å². The lowest BCUT2D eigenvalue weighted by Gasteiger charge is -1.84. The van der Waals surface area contributed by atoms with Crippen molar-refractivity contribution in [2.75, 3.05) is 0 Å². The van der Waals surface area contributed by atoms with E-state index in [4.69, 9.17) is 0 Å². The van der Waals surface area contributed by atoms with Crippen LogP contribution in [0.5, 0.6) is 0 Å². The monoisotopic (exact) mass is 274 g/mol. The lowest BCUT2D eigenvalue weighted by atomic mass is 10.2. The molecule has 0 spiro atoms. The van der Waals surface area contributed by atoms with Gasteiger partial charge in [-0.3, -0.25) is 0 Å². The molecule has 0 fully saturated rings. The van der Waals surface area contributed by atoms with E-state index < -0.39 is 0 Å². The average Bonchev–Trinajstić information content (AvgIpc) is 2.37. The zero-order valence-corrected chi connectivity index (χ0v) is 15.3. The highest BCUT2D eigenvalue weighted by atomic mass is 13.8. The molecule has 0 aliphatic carbocycles. The molecule has 0 unspecified atom stereocenters. The van der Waals surface area contributed by atoms with E-state index in [9.17, 15) is 0 Å². The van der Waals surface area contributed by atoms with Gasteiger partial charge in [-0.1, -0.05) is 60.8 Å². The first-order chi connectivity index (χ1) is 9.29. The quantitative estimate of drug-likeness (QED) is 0.381. The molecule has 0 aromatic carbocycles. The molecule has 114 valence electrons. The molecule has 0 saturated heterocycles. The van der Waals surface area contributed by atoms with Crippen molar-refractivity contribution in [1.82, 2.24) is 0 Å². The van der Waals surface area contributed by atoms with E-state index in [0.717, 1.165) is 5.57 Å². The molecule has 0 aromatic rings. The van der Waals surface area contributed by atoms with E-state index in [1.54, 1.807) is 0 Å². The smallest absolute Gasteiger partial charge is 0.00109 e. The first-order valence-corrected chi connectivity index (χ1v) is 7.32. The highest BCUT2D eigenvalue weighted by molar-refractivity contribution is 5.29. The van der Waals surface area contributed by atoms with Gasteiger partial charge in [0.2, 0.25) is 0 Å². The summed E-state index contributed by atoms with van der Waals surface area (Å²) in [6.45, 7) is 20.4. The second-order valence-corrected chi connectivity index (χ2v) is 4.96.